The van der Waals surface area contributed by atoms with Gasteiger partial charge in [-0.1, -0.05) is 11.6 Å². The Labute approximate surface area is 130 Å². The maximum Gasteiger partial charge on any atom is 0.212 e. The van der Waals surface area contributed by atoms with Gasteiger partial charge in [0.15, 0.2) is 0 Å². The fourth-order valence-corrected chi connectivity index (χ4v) is 4.46. The molecule has 1 heterocycles. The zero-order valence-electron chi connectivity index (χ0n) is 11.6. The molecule has 1 atom stereocenters. The first kappa shape index (κ1) is 16.2. The molecule has 20 heavy (non-hydrogen) atoms. The molecule has 1 unspecified atom stereocenters. The molecule has 1 saturated carbocycles. The molecule has 7 heteroatoms. The highest BCUT2D eigenvalue weighted by atomic mass is 35.5. The van der Waals surface area contributed by atoms with Gasteiger partial charge in [0, 0.05) is 10.9 Å². The first-order valence-electron chi connectivity index (χ1n) is 6.95. The zero-order chi connectivity index (χ0) is 14.6. The number of sulfonamides is 1. The highest BCUT2D eigenvalue weighted by Crippen LogP contribution is 2.27. The second kappa shape index (κ2) is 7.22. The number of hydrogen-bond donors (Lipinski definition) is 2. The van der Waals surface area contributed by atoms with Crippen molar-refractivity contribution in [3.8, 4) is 0 Å². The third kappa shape index (κ3) is 5.69. The van der Waals surface area contributed by atoms with Crippen molar-refractivity contribution in [2.45, 2.75) is 44.7 Å². The van der Waals surface area contributed by atoms with E-state index in [-0.39, 0.29) is 11.8 Å². The van der Waals surface area contributed by atoms with Crippen LogP contribution in [0, 0.1) is 0 Å². The van der Waals surface area contributed by atoms with Gasteiger partial charge >= 0.3 is 0 Å². The van der Waals surface area contributed by atoms with Crippen molar-refractivity contribution in [2.75, 3.05) is 12.3 Å². The van der Waals surface area contributed by atoms with Gasteiger partial charge in [-0.2, -0.15) is 0 Å². The largest absolute Gasteiger partial charge is 0.314 e. The molecule has 1 aliphatic carbocycles. The first-order chi connectivity index (χ1) is 9.46. The molecule has 0 aromatic carbocycles. The molecular formula is C13H21ClN2O2S2. The van der Waals surface area contributed by atoms with Crippen molar-refractivity contribution >= 4 is 33.0 Å². The lowest BCUT2D eigenvalue weighted by molar-refractivity contribution is 0.561. The van der Waals surface area contributed by atoms with E-state index >= 15 is 0 Å². The van der Waals surface area contributed by atoms with Crippen LogP contribution in [0.25, 0.3) is 0 Å². The molecule has 4 nitrogen and oxygen atoms in total. The summed E-state index contributed by atoms with van der Waals surface area (Å²) in [7, 11) is -3.22. The number of rotatable bonds is 9. The number of hydrogen-bond acceptors (Lipinski definition) is 4. The molecular weight excluding hydrogens is 316 g/mol. The van der Waals surface area contributed by atoms with Gasteiger partial charge in [-0.3, -0.25) is 0 Å². The van der Waals surface area contributed by atoms with E-state index in [2.05, 4.69) is 10.0 Å². The summed E-state index contributed by atoms with van der Waals surface area (Å²) < 4.78 is 27.3. The molecule has 0 saturated heterocycles. The van der Waals surface area contributed by atoms with Crippen LogP contribution in [0.2, 0.25) is 4.34 Å². The van der Waals surface area contributed by atoms with Crippen LogP contribution < -0.4 is 10.0 Å². The third-order valence-corrected chi connectivity index (χ3v) is 6.18. The van der Waals surface area contributed by atoms with Crippen LogP contribution in [0.3, 0.4) is 0 Å². The monoisotopic (exact) mass is 336 g/mol. The lowest BCUT2D eigenvalue weighted by Crippen LogP contribution is -2.29. The summed E-state index contributed by atoms with van der Waals surface area (Å²) in [5.41, 5.74) is 0. The Hall–Kier alpha value is -0.140. The van der Waals surface area contributed by atoms with E-state index in [9.17, 15) is 8.42 Å². The highest BCUT2D eigenvalue weighted by Gasteiger charge is 2.20. The molecule has 0 bridgehead atoms. The van der Waals surface area contributed by atoms with Gasteiger partial charge in [0.05, 0.1) is 16.1 Å². The standard InChI is InChI=1S/C13H21ClN2O2S2/c1-10(12-6-7-13(14)19-12)16-20(17,18)9-3-2-8-15-11-4-5-11/h6-7,10-11,15-16H,2-5,8-9H2,1H3. The lowest BCUT2D eigenvalue weighted by atomic mass is 10.3. The Morgan fingerprint density at radius 1 is 1.40 bits per heavy atom. The normalized spacial score (nSPS) is 17.3. The van der Waals surface area contributed by atoms with Crippen molar-refractivity contribution in [3.63, 3.8) is 0 Å². The third-order valence-electron chi connectivity index (χ3n) is 3.23. The molecule has 0 amide bonds. The summed E-state index contributed by atoms with van der Waals surface area (Å²) in [6.45, 7) is 2.75. The van der Waals surface area contributed by atoms with Crippen molar-refractivity contribution in [1.29, 1.82) is 0 Å². The Bertz CT molecular complexity index is 526. The number of unbranched alkanes of at least 4 members (excludes halogenated alkanes) is 1. The summed E-state index contributed by atoms with van der Waals surface area (Å²) in [6.07, 6.45) is 4.12. The molecule has 1 aliphatic rings. The number of thiophene rings is 1. The zero-order valence-corrected chi connectivity index (χ0v) is 14.0. The maximum atomic E-state index is 12.0. The average molecular weight is 337 g/mol. The second-order valence-electron chi connectivity index (χ2n) is 5.24. The summed E-state index contributed by atoms with van der Waals surface area (Å²) in [4.78, 5) is 0.939. The van der Waals surface area contributed by atoms with E-state index in [1.54, 1.807) is 6.07 Å². The van der Waals surface area contributed by atoms with Crippen LogP contribution in [-0.4, -0.2) is 26.8 Å². The smallest absolute Gasteiger partial charge is 0.212 e. The summed E-state index contributed by atoms with van der Waals surface area (Å²) >= 11 is 7.27. The molecule has 0 radical (unpaired) electrons. The minimum absolute atomic E-state index is 0.183. The van der Waals surface area contributed by atoms with Gasteiger partial charge < -0.3 is 5.32 Å². The predicted octanol–water partition coefficient (Wildman–Crippen LogP) is 2.91. The molecule has 1 aromatic heterocycles. The topological polar surface area (TPSA) is 58.2 Å². The number of halogens is 1. The van der Waals surface area contributed by atoms with E-state index in [4.69, 9.17) is 11.6 Å². The Balaban J connectivity index is 1.69. The van der Waals surface area contributed by atoms with Crippen LogP contribution in [-0.2, 0) is 10.0 Å². The fraction of sp³-hybridized carbons (Fsp3) is 0.692. The molecule has 1 fully saturated rings. The van der Waals surface area contributed by atoms with E-state index in [1.807, 2.05) is 13.0 Å². The van der Waals surface area contributed by atoms with E-state index < -0.39 is 10.0 Å². The number of nitrogens with one attached hydrogen (secondary N) is 2. The van der Waals surface area contributed by atoms with Crippen LogP contribution in [0.5, 0.6) is 0 Å². The Morgan fingerprint density at radius 2 is 2.15 bits per heavy atom. The lowest BCUT2D eigenvalue weighted by Gasteiger charge is -2.12. The summed E-state index contributed by atoms with van der Waals surface area (Å²) in [5.74, 6) is 0.183. The minimum atomic E-state index is -3.22. The van der Waals surface area contributed by atoms with E-state index in [1.165, 1.54) is 24.2 Å². The molecule has 2 N–H and O–H groups in total. The van der Waals surface area contributed by atoms with Crippen molar-refractivity contribution in [2.24, 2.45) is 0 Å². The molecule has 0 spiro atoms. The van der Waals surface area contributed by atoms with E-state index in [0.717, 1.165) is 17.8 Å². The maximum absolute atomic E-state index is 12.0. The fourth-order valence-electron chi connectivity index (χ4n) is 1.96. The second-order valence-corrected chi connectivity index (χ2v) is 8.86. The summed E-state index contributed by atoms with van der Waals surface area (Å²) in [6, 6.07) is 4.12. The average Bonchev–Trinajstić information content (AvgIpc) is 3.08. The summed E-state index contributed by atoms with van der Waals surface area (Å²) in [5, 5.41) is 3.38. The first-order valence-corrected chi connectivity index (χ1v) is 9.79. The van der Waals surface area contributed by atoms with Crippen molar-refractivity contribution in [1.82, 2.24) is 10.0 Å². The van der Waals surface area contributed by atoms with Gasteiger partial charge in [0.1, 0.15) is 0 Å². The molecule has 114 valence electrons. The quantitative estimate of drug-likeness (QED) is 0.682. The van der Waals surface area contributed by atoms with Gasteiger partial charge in [-0.15, -0.1) is 11.3 Å². The van der Waals surface area contributed by atoms with Gasteiger partial charge in [-0.25, -0.2) is 13.1 Å². The van der Waals surface area contributed by atoms with Crippen molar-refractivity contribution < 1.29 is 8.42 Å². The van der Waals surface area contributed by atoms with Crippen LogP contribution >= 0.6 is 22.9 Å². The highest BCUT2D eigenvalue weighted by molar-refractivity contribution is 7.89. The van der Waals surface area contributed by atoms with Crippen LogP contribution in [0.1, 0.15) is 43.5 Å². The van der Waals surface area contributed by atoms with Crippen LogP contribution in [0.4, 0.5) is 0 Å². The Kier molecular flexibility index (Phi) is 5.86. The van der Waals surface area contributed by atoms with Gasteiger partial charge in [0.25, 0.3) is 0 Å². The van der Waals surface area contributed by atoms with Gasteiger partial charge in [0.2, 0.25) is 10.0 Å². The van der Waals surface area contributed by atoms with Gasteiger partial charge in [-0.05, 0) is 51.3 Å². The minimum Gasteiger partial charge on any atom is -0.314 e. The molecule has 0 aliphatic heterocycles. The van der Waals surface area contributed by atoms with E-state index in [0.29, 0.717) is 16.8 Å². The predicted molar refractivity (Wildman–Crippen MR) is 84.9 cm³/mol. The SMILES string of the molecule is CC(NS(=O)(=O)CCCCNC1CC1)c1ccc(Cl)s1. The molecule has 2 rings (SSSR count). The molecule has 1 aromatic rings. The van der Waals surface area contributed by atoms with Crippen molar-refractivity contribution in [3.05, 3.63) is 21.3 Å². The Morgan fingerprint density at radius 3 is 2.75 bits per heavy atom. The van der Waals surface area contributed by atoms with Crippen LogP contribution in [0.15, 0.2) is 12.1 Å².